The van der Waals surface area contributed by atoms with Crippen molar-refractivity contribution in [2.24, 2.45) is 0 Å². The summed E-state index contributed by atoms with van der Waals surface area (Å²) in [6.45, 7) is 4.01. The van der Waals surface area contributed by atoms with E-state index in [9.17, 15) is 4.79 Å². The number of hydrogen-bond donors (Lipinski definition) is 1. The summed E-state index contributed by atoms with van der Waals surface area (Å²) in [5.41, 5.74) is 4.96. The first-order chi connectivity index (χ1) is 9.63. The zero-order chi connectivity index (χ0) is 14.1. The van der Waals surface area contributed by atoms with Gasteiger partial charge in [0.05, 0.1) is 5.69 Å². The molecule has 0 saturated heterocycles. The Hall–Kier alpha value is -2.55. The summed E-state index contributed by atoms with van der Waals surface area (Å²) < 4.78 is 5.31. The van der Waals surface area contributed by atoms with Crippen LogP contribution in [-0.2, 0) is 4.74 Å². The molecule has 0 saturated carbocycles. The van der Waals surface area contributed by atoms with Gasteiger partial charge in [-0.05, 0) is 37.1 Å². The van der Waals surface area contributed by atoms with Crippen LogP contribution >= 0.6 is 0 Å². The maximum Gasteiger partial charge on any atom is 0.417 e. The van der Waals surface area contributed by atoms with Gasteiger partial charge < -0.3 is 4.74 Å². The summed E-state index contributed by atoms with van der Waals surface area (Å²) >= 11 is 0. The molecule has 0 radical (unpaired) electrons. The van der Waals surface area contributed by atoms with Crippen molar-refractivity contribution in [3.8, 4) is 0 Å². The standard InChI is InChI=1S/C17H15NO2/c1-11-6-8-13(9-7-11)10-15-14-5-3-4-12(2)16(14)18-17(19)20-15/h3-10H,1-2H3,(H,18,19)/b15-10-. The molecule has 1 amide bonds. The van der Waals surface area contributed by atoms with E-state index in [1.807, 2.05) is 62.4 Å². The molecule has 3 nitrogen and oxygen atoms in total. The molecule has 0 aromatic heterocycles. The van der Waals surface area contributed by atoms with Crippen LogP contribution in [-0.4, -0.2) is 6.09 Å². The summed E-state index contributed by atoms with van der Waals surface area (Å²) in [4.78, 5) is 11.7. The fourth-order valence-electron chi connectivity index (χ4n) is 2.24. The van der Waals surface area contributed by atoms with Gasteiger partial charge in [-0.15, -0.1) is 0 Å². The maximum atomic E-state index is 11.7. The Morgan fingerprint density at radius 2 is 1.80 bits per heavy atom. The fraction of sp³-hybridized carbons (Fsp3) is 0.118. The first-order valence-corrected chi connectivity index (χ1v) is 6.51. The van der Waals surface area contributed by atoms with Crippen LogP contribution in [0, 0.1) is 13.8 Å². The van der Waals surface area contributed by atoms with Crippen LogP contribution in [0.5, 0.6) is 0 Å². The van der Waals surface area contributed by atoms with Crippen molar-refractivity contribution < 1.29 is 9.53 Å². The van der Waals surface area contributed by atoms with Crippen LogP contribution in [0.3, 0.4) is 0 Å². The Morgan fingerprint density at radius 3 is 2.55 bits per heavy atom. The van der Waals surface area contributed by atoms with Crippen LogP contribution in [0.15, 0.2) is 42.5 Å². The van der Waals surface area contributed by atoms with Gasteiger partial charge in [-0.25, -0.2) is 4.79 Å². The molecule has 0 unspecified atom stereocenters. The summed E-state index contributed by atoms with van der Waals surface area (Å²) in [5, 5.41) is 2.75. The van der Waals surface area contributed by atoms with Gasteiger partial charge in [-0.1, -0.05) is 42.0 Å². The van der Waals surface area contributed by atoms with Gasteiger partial charge in [-0.2, -0.15) is 0 Å². The first-order valence-electron chi connectivity index (χ1n) is 6.51. The van der Waals surface area contributed by atoms with Gasteiger partial charge in [0.1, 0.15) is 5.76 Å². The average Bonchev–Trinajstić information content (AvgIpc) is 2.42. The zero-order valence-electron chi connectivity index (χ0n) is 11.4. The largest absolute Gasteiger partial charge is 0.417 e. The normalized spacial score (nSPS) is 15.5. The van der Waals surface area contributed by atoms with Crippen LogP contribution in [0.25, 0.3) is 11.8 Å². The number of nitrogens with one attached hydrogen (secondary N) is 1. The molecule has 1 heterocycles. The van der Waals surface area contributed by atoms with E-state index in [1.165, 1.54) is 5.56 Å². The number of benzene rings is 2. The molecule has 0 fully saturated rings. The van der Waals surface area contributed by atoms with Gasteiger partial charge in [0.2, 0.25) is 0 Å². The number of para-hydroxylation sites is 1. The monoisotopic (exact) mass is 265 g/mol. The molecule has 3 rings (SSSR count). The highest BCUT2D eigenvalue weighted by atomic mass is 16.6. The Balaban J connectivity index is 2.09. The molecule has 20 heavy (non-hydrogen) atoms. The van der Waals surface area contributed by atoms with Crippen LogP contribution in [0.1, 0.15) is 22.3 Å². The number of carbonyl (C=O) groups is 1. The number of rotatable bonds is 1. The minimum atomic E-state index is -0.440. The summed E-state index contributed by atoms with van der Waals surface area (Å²) in [7, 11) is 0. The van der Waals surface area contributed by atoms with E-state index in [0.717, 1.165) is 22.4 Å². The van der Waals surface area contributed by atoms with Crippen molar-refractivity contribution in [2.45, 2.75) is 13.8 Å². The van der Waals surface area contributed by atoms with Gasteiger partial charge in [-0.3, -0.25) is 5.32 Å². The van der Waals surface area contributed by atoms with Crippen LogP contribution < -0.4 is 5.32 Å². The number of cyclic esters (lactones) is 1. The number of fused-ring (bicyclic) bond motifs is 1. The highest BCUT2D eigenvalue weighted by molar-refractivity contribution is 6.01. The highest BCUT2D eigenvalue weighted by Crippen LogP contribution is 2.33. The molecule has 0 atom stereocenters. The Labute approximate surface area is 117 Å². The number of ether oxygens (including phenoxy) is 1. The van der Waals surface area contributed by atoms with Gasteiger partial charge >= 0.3 is 6.09 Å². The lowest BCUT2D eigenvalue weighted by Crippen LogP contribution is -2.20. The smallest absolute Gasteiger partial charge is 0.409 e. The molecule has 3 heteroatoms. The predicted molar refractivity (Wildman–Crippen MR) is 80.3 cm³/mol. The third-order valence-electron chi connectivity index (χ3n) is 3.34. The second kappa shape index (κ2) is 4.85. The van der Waals surface area contributed by atoms with E-state index in [0.29, 0.717) is 5.76 Å². The summed E-state index contributed by atoms with van der Waals surface area (Å²) in [5.74, 6) is 0.580. The van der Waals surface area contributed by atoms with Crippen molar-refractivity contribution in [1.82, 2.24) is 0 Å². The van der Waals surface area contributed by atoms with E-state index in [2.05, 4.69) is 5.32 Å². The van der Waals surface area contributed by atoms with Gasteiger partial charge in [0, 0.05) is 5.56 Å². The molecule has 2 aromatic rings. The fourth-order valence-corrected chi connectivity index (χ4v) is 2.24. The number of carbonyl (C=O) groups excluding carboxylic acids is 1. The third-order valence-corrected chi connectivity index (χ3v) is 3.34. The molecule has 0 spiro atoms. The Morgan fingerprint density at radius 1 is 1.05 bits per heavy atom. The lowest BCUT2D eigenvalue weighted by atomic mass is 10.0. The van der Waals surface area contributed by atoms with Crippen molar-refractivity contribution in [1.29, 1.82) is 0 Å². The van der Waals surface area contributed by atoms with Crippen molar-refractivity contribution in [3.63, 3.8) is 0 Å². The molecule has 2 aromatic carbocycles. The number of anilines is 1. The molecule has 1 N–H and O–H groups in total. The highest BCUT2D eigenvalue weighted by Gasteiger charge is 2.22. The molecule has 1 aliphatic heterocycles. The second-order valence-corrected chi connectivity index (χ2v) is 4.93. The minimum absolute atomic E-state index is 0.440. The number of amides is 1. The van der Waals surface area contributed by atoms with Crippen molar-refractivity contribution in [2.75, 3.05) is 5.32 Å². The molecule has 0 aliphatic carbocycles. The van der Waals surface area contributed by atoms with Gasteiger partial charge in [0.15, 0.2) is 0 Å². The van der Waals surface area contributed by atoms with Crippen molar-refractivity contribution >= 4 is 23.6 Å². The third kappa shape index (κ3) is 2.30. The predicted octanol–water partition coefficient (Wildman–Crippen LogP) is 4.36. The lowest BCUT2D eigenvalue weighted by molar-refractivity contribution is 0.206. The van der Waals surface area contributed by atoms with E-state index in [4.69, 9.17) is 4.74 Å². The molecule has 100 valence electrons. The molecular weight excluding hydrogens is 250 g/mol. The van der Waals surface area contributed by atoms with E-state index < -0.39 is 6.09 Å². The number of hydrogen-bond acceptors (Lipinski definition) is 2. The second-order valence-electron chi connectivity index (χ2n) is 4.93. The molecule has 1 aliphatic rings. The lowest BCUT2D eigenvalue weighted by Gasteiger charge is -2.21. The Kier molecular flexibility index (Phi) is 3.03. The topological polar surface area (TPSA) is 38.3 Å². The van der Waals surface area contributed by atoms with E-state index in [-0.39, 0.29) is 0 Å². The van der Waals surface area contributed by atoms with Crippen LogP contribution in [0.4, 0.5) is 10.5 Å². The average molecular weight is 265 g/mol. The first kappa shape index (κ1) is 12.5. The zero-order valence-corrected chi connectivity index (χ0v) is 11.4. The maximum absolute atomic E-state index is 11.7. The summed E-state index contributed by atoms with van der Waals surface area (Å²) in [6, 6.07) is 14.0. The minimum Gasteiger partial charge on any atom is -0.409 e. The SMILES string of the molecule is Cc1ccc(/C=C2\OC(=O)Nc3c(C)cccc32)cc1. The molecular formula is C17H15NO2. The van der Waals surface area contributed by atoms with E-state index >= 15 is 0 Å². The van der Waals surface area contributed by atoms with Crippen LogP contribution in [0.2, 0.25) is 0 Å². The number of aryl methyl sites for hydroxylation is 2. The van der Waals surface area contributed by atoms with Crippen molar-refractivity contribution in [3.05, 3.63) is 64.7 Å². The van der Waals surface area contributed by atoms with Gasteiger partial charge in [0.25, 0.3) is 0 Å². The molecule has 0 bridgehead atoms. The quantitative estimate of drug-likeness (QED) is 0.831. The Bertz CT molecular complexity index is 699. The summed E-state index contributed by atoms with van der Waals surface area (Å²) in [6.07, 6.45) is 1.45. The van der Waals surface area contributed by atoms with E-state index in [1.54, 1.807) is 0 Å².